The van der Waals surface area contributed by atoms with E-state index in [9.17, 15) is 19.5 Å². The highest BCUT2D eigenvalue weighted by atomic mass is 127. The third-order valence-corrected chi connectivity index (χ3v) is 4.06. The first-order valence-electron chi connectivity index (χ1n) is 7.32. The van der Waals surface area contributed by atoms with Crippen LogP contribution in [0.5, 0.6) is 0 Å². The minimum Gasteiger partial charge on any atom is -0.391 e. The van der Waals surface area contributed by atoms with Crippen molar-refractivity contribution in [2.45, 2.75) is 51.3 Å². The van der Waals surface area contributed by atoms with E-state index in [0.717, 1.165) is 12.8 Å². The van der Waals surface area contributed by atoms with Crippen LogP contribution in [0.15, 0.2) is 0 Å². The highest BCUT2D eigenvalue weighted by molar-refractivity contribution is 14.1. The summed E-state index contributed by atoms with van der Waals surface area (Å²) in [6, 6.07) is -1.37. The van der Waals surface area contributed by atoms with Crippen molar-refractivity contribution in [1.82, 2.24) is 18.9 Å². The van der Waals surface area contributed by atoms with E-state index in [-0.39, 0.29) is 24.1 Å². The number of rotatable bonds is 12. The normalized spacial score (nSPS) is 14.7. The second-order valence-electron chi connectivity index (χ2n) is 5.18. The van der Waals surface area contributed by atoms with Crippen molar-refractivity contribution >= 4 is 53.3 Å². The van der Waals surface area contributed by atoms with Crippen molar-refractivity contribution in [2.24, 2.45) is 0 Å². The molecule has 0 fully saturated rings. The second kappa shape index (κ2) is 12.9. The van der Waals surface area contributed by atoms with E-state index in [0.29, 0.717) is 13.0 Å². The van der Waals surface area contributed by atoms with Crippen molar-refractivity contribution in [3.05, 3.63) is 0 Å². The fraction of sp³-hybridized carbons (Fsp3) is 0.769. The van der Waals surface area contributed by atoms with Crippen LogP contribution in [0, 0.1) is 0 Å². The van der Waals surface area contributed by atoms with Crippen LogP contribution in [0.3, 0.4) is 0 Å². The number of thiol groups is 1. The lowest BCUT2D eigenvalue weighted by Gasteiger charge is -2.22. The number of aliphatic hydroxyl groups is 1. The standard InChI is InChI=1S/C13H25IN4O4S/c1-8(19)12(9(2)20)17-13(22)10(18-14)5-3-4-6-15-11(21)7-16-23/h8,10,12,16,18-19,23H,3-7H2,1-2H3,(H,15,21)(H,17,22)/t8-,10?,12+/m1/s1. The molecule has 134 valence electrons. The number of amides is 2. The van der Waals surface area contributed by atoms with Gasteiger partial charge in [0.25, 0.3) is 0 Å². The van der Waals surface area contributed by atoms with E-state index in [1.165, 1.54) is 13.8 Å². The molecule has 3 atom stereocenters. The van der Waals surface area contributed by atoms with Gasteiger partial charge in [-0.05, 0) is 33.1 Å². The van der Waals surface area contributed by atoms with Crippen molar-refractivity contribution < 1.29 is 19.5 Å². The summed E-state index contributed by atoms with van der Waals surface area (Å²) in [5.74, 6) is -0.757. The Kier molecular flexibility index (Phi) is 12.7. The molecule has 0 aliphatic carbocycles. The van der Waals surface area contributed by atoms with E-state index < -0.39 is 18.2 Å². The number of hydrogen-bond acceptors (Lipinski definition) is 7. The third kappa shape index (κ3) is 10.1. The number of hydrogen-bond donors (Lipinski definition) is 6. The van der Waals surface area contributed by atoms with E-state index in [2.05, 4.69) is 31.7 Å². The molecule has 0 spiro atoms. The molecular formula is C13H25IN4O4S. The number of unbranched alkanes of at least 4 members (excludes halogenated alkanes) is 1. The molecule has 0 rings (SSSR count). The molecule has 0 aliphatic rings. The maximum absolute atomic E-state index is 12.1. The zero-order valence-corrected chi connectivity index (χ0v) is 16.3. The van der Waals surface area contributed by atoms with Crippen LogP contribution in [-0.4, -0.2) is 54.0 Å². The van der Waals surface area contributed by atoms with Crippen LogP contribution in [0.4, 0.5) is 0 Å². The second-order valence-corrected chi connectivity index (χ2v) is 6.12. The quantitative estimate of drug-likeness (QED) is 0.101. The third-order valence-electron chi connectivity index (χ3n) is 3.15. The lowest BCUT2D eigenvalue weighted by molar-refractivity contribution is -0.130. The molecule has 0 bridgehead atoms. The van der Waals surface area contributed by atoms with Crippen LogP contribution >= 0.6 is 35.7 Å². The maximum atomic E-state index is 12.1. The average Bonchev–Trinajstić information content (AvgIpc) is 2.47. The maximum Gasteiger partial charge on any atom is 0.238 e. The highest BCUT2D eigenvalue weighted by Crippen LogP contribution is 2.04. The van der Waals surface area contributed by atoms with E-state index in [1.54, 1.807) is 0 Å². The van der Waals surface area contributed by atoms with Crippen LogP contribution < -0.4 is 18.9 Å². The fourth-order valence-corrected chi connectivity index (χ4v) is 2.62. The number of carbonyl (C=O) groups is 3. The molecule has 0 aromatic heterocycles. The summed E-state index contributed by atoms with van der Waals surface area (Å²) in [4.78, 5) is 34.7. The Labute approximate surface area is 156 Å². The van der Waals surface area contributed by atoms with Gasteiger partial charge in [0.1, 0.15) is 6.04 Å². The van der Waals surface area contributed by atoms with Gasteiger partial charge < -0.3 is 15.7 Å². The number of carbonyl (C=O) groups excluding carboxylic acids is 3. The smallest absolute Gasteiger partial charge is 0.238 e. The Morgan fingerprint density at radius 2 is 1.91 bits per heavy atom. The molecule has 0 aliphatic heterocycles. The molecule has 0 heterocycles. The van der Waals surface area contributed by atoms with Gasteiger partial charge in [-0.1, -0.05) is 12.8 Å². The summed E-state index contributed by atoms with van der Waals surface area (Å²) >= 11 is 5.62. The Hall–Kier alpha value is -0.430. The van der Waals surface area contributed by atoms with Gasteiger partial charge in [0.15, 0.2) is 5.78 Å². The minimum atomic E-state index is -0.943. The number of ketones is 1. The molecule has 23 heavy (non-hydrogen) atoms. The monoisotopic (exact) mass is 460 g/mol. The topological polar surface area (TPSA) is 120 Å². The SMILES string of the molecule is CC(=O)[C@@H](NC(=O)C(CCCCNC(=O)CNS)NI)[C@@H](C)O. The van der Waals surface area contributed by atoms with Gasteiger partial charge in [-0.25, -0.2) is 3.53 Å². The summed E-state index contributed by atoms with van der Waals surface area (Å²) < 4.78 is 5.32. The zero-order valence-electron chi connectivity index (χ0n) is 13.3. The Bertz CT molecular complexity index is 398. The van der Waals surface area contributed by atoms with Gasteiger partial charge in [0.05, 0.1) is 18.7 Å². The molecular weight excluding hydrogens is 435 g/mol. The first-order chi connectivity index (χ1) is 10.8. The van der Waals surface area contributed by atoms with E-state index in [1.807, 2.05) is 22.9 Å². The Morgan fingerprint density at radius 1 is 1.26 bits per heavy atom. The van der Waals surface area contributed by atoms with E-state index >= 15 is 0 Å². The lowest BCUT2D eigenvalue weighted by Crippen LogP contribution is -2.52. The van der Waals surface area contributed by atoms with Gasteiger partial charge >= 0.3 is 0 Å². The lowest BCUT2D eigenvalue weighted by atomic mass is 10.1. The molecule has 0 aromatic rings. The molecule has 0 radical (unpaired) electrons. The van der Waals surface area contributed by atoms with Gasteiger partial charge in [0.2, 0.25) is 11.8 Å². The predicted octanol–water partition coefficient (Wildman–Crippen LogP) is -0.530. The van der Waals surface area contributed by atoms with Gasteiger partial charge in [-0.2, -0.15) is 0 Å². The molecule has 0 saturated carbocycles. The summed E-state index contributed by atoms with van der Waals surface area (Å²) in [7, 11) is 0. The molecule has 0 saturated heterocycles. The van der Waals surface area contributed by atoms with Crippen molar-refractivity contribution in [1.29, 1.82) is 0 Å². The minimum absolute atomic E-state index is 0.137. The Balaban J connectivity index is 4.16. The fourth-order valence-electron chi connectivity index (χ4n) is 1.89. The number of nitrogens with one attached hydrogen (secondary N) is 4. The van der Waals surface area contributed by atoms with Gasteiger partial charge in [0, 0.05) is 29.4 Å². The number of aliphatic hydroxyl groups excluding tert-OH is 1. The average molecular weight is 460 g/mol. The summed E-state index contributed by atoms with van der Waals surface area (Å²) in [5.41, 5.74) is 0. The molecule has 0 aromatic carbocycles. The van der Waals surface area contributed by atoms with Crippen LogP contribution in [-0.2, 0) is 14.4 Å². The van der Waals surface area contributed by atoms with Gasteiger partial charge in [-0.3, -0.25) is 19.1 Å². The van der Waals surface area contributed by atoms with Crippen LogP contribution in [0.25, 0.3) is 0 Å². The van der Waals surface area contributed by atoms with Gasteiger partial charge in [-0.15, -0.1) is 0 Å². The molecule has 1 unspecified atom stereocenters. The first-order valence-corrected chi connectivity index (χ1v) is 8.84. The van der Waals surface area contributed by atoms with Crippen molar-refractivity contribution in [3.63, 3.8) is 0 Å². The molecule has 2 amide bonds. The van der Waals surface area contributed by atoms with Crippen molar-refractivity contribution in [2.75, 3.05) is 13.1 Å². The summed E-state index contributed by atoms with van der Waals surface area (Å²) in [6.45, 7) is 3.45. The van der Waals surface area contributed by atoms with E-state index in [4.69, 9.17) is 0 Å². The molecule has 5 N–H and O–H groups in total. The summed E-state index contributed by atoms with van der Waals surface area (Å²) in [5, 5.41) is 14.8. The zero-order chi connectivity index (χ0) is 17.8. The van der Waals surface area contributed by atoms with Crippen LogP contribution in [0.2, 0.25) is 0 Å². The molecule has 8 nitrogen and oxygen atoms in total. The number of Topliss-reactive ketones (excluding diaryl/α,β-unsaturated/α-hetero) is 1. The molecule has 10 heteroatoms. The summed E-state index contributed by atoms with van der Waals surface area (Å²) in [6.07, 6.45) is 1.07. The van der Waals surface area contributed by atoms with Crippen molar-refractivity contribution in [3.8, 4) is 0 Å². The Morgan fingerprint density at radius 3 is 2.39 bits per heavy atom. The highest BCUT2D eigenvalue weighted by Gasteiger charge is 2.25. The number of halogens is 1. The van der Waals surface area contributed by atoms with Crippen LogP contribution in [0.1, 0.15) is 33.1 Å². The first kappa shape index (κ1) is 22.6. The largest absolute Gasteiger partial charge is 0.391 e. The predicted molar refractivity (Wildman–Crippen MR) is 99.1 cm³/mol.